The highest BCUT2D eigenvalue weighted by Crippen LogP contribution is 2.34. The van der Waals surface area contributed by atoms with E-state index < -0.39 is 0 Å². The van der Waals surface area contributed by atoms with E-state index in [1.54, 1.807) is 18.2 Å². The molecule has 0 heterocycles. The van der Waals surface area contributed by atoms with Crippen LogP contribution in [0.1, 0.15) is 42.1 Å². The van der Waals surface area contributed by atoms with E-state index >= 15 is 0 Å². The van der Waals surface area contributed by atoms with Gasteiger partial charge in [-0.1, -0.05) is 36.8 Å². The molecule has 20 heavy (non-hydrogen) atoms. The fourth-order valence-electron chi connectivity index (χ4n) is 2.27. The van der Waals surface area contributed by atoms with Gasteiger partial charge < -0.3 is 11.1 Å². The Balaban J connectivity index is 1.99. The minimum Gasteiger partial charge on any atom is -0.349 e. The molecule has 0 spiro atoms. The van der Waals surface area contributed by atoms with E-state index in [2.05, 4.69) is 24.1 Å². The molecule has 106 valence electrons. The van der Waals surface area contributed by atoms with E-state index in [4.69, 9.17) is 17.3 Å². The van der Waals surface area contributed by atoms with Gasteiger partial charge in [-0.3, -0.25) is 4.79 Å². The van der Waals surface area contributed by atoms with E-state index in [0.29, 0.717) is 34.7 Å². The third kappa shape index (κ3) is 3.75. The van der Waals surface area contributed by atoms with Crippen LogP contribution < -0.4 is 11.1 Å². The Bertz CT molecular complexity index is 559. The maximum Gasteiger partial charge on any atom is 0.251 e. The van der Waals surface area contributed by atoms with Crippen LogP contribution in [0.2, 0.25) is 5.02 Å². The van der Waals surface area contributed by atoms with Crippen LogP contribution >= 0.6 is 11.6 Å². The fourth-order valence-corrected chi connectivity index (χ4v) is 2.50. The zero-order valence-corrected chi connectivity index (χ0v) is 12.3. The number of hydrogen-bond donors (Lipinski definition) is 2. The number of hydrogen-bond acceptors (Lipinski definition) is 2. The molecule has 0 bridgehead atoms. The van der Waals surface area contributed by atoms with E-state index in [1.807, 2.05) is 0 Å². The Labute approximate surface area is 124 Å². The summed E-state index contributed by atoms with van der Waals surface area (Å²) in [5, 5.41) is 3.53. The van der Waals surface area contributed by atoms with Gasteiger partial charge in [0, 0.05) is 17.2 Å². The minimum atomic E-state index is -0.0613. The smallest absolute Gasteiger partial charge is 0.251 e. The molecule has 1 aromatic rings. The molecule has 0 aliphatic heterocycles. The van der Waals surface area contributed by atoms with Crippen molar-refractivity contribution in [3.63, 3.8) is 0 Å². The maximum absolute atomic E-state index is 12.1. The fraction of sp³-hybridized carbons (Fsp3) is 0.438. The summed E-state index contributed by atoms with van der Waals surface area (Å²) in [6.07, 6.45) is 3.43. The number of carbonyl (C=O) groups excluding carboxylic acids is 1. The van der Waals surface area contributed by atoms with Crippen molar-refractivity contribution in [2.75, 3.05) is 6.54 Å². The summed E-state index contributed by atoms with van der Waals surface area (Å²) < 4.78 is 0. The molecule has 1 aliphatic rings. The summed E-state index contributed by atoms with van der Waals surface area (Å²) in [5.41, 5.74) is 6.60. The summed E-state index contributed by atoms with van der Waals surface area (Å²) in [4.78, 5) is 12.1. The van der Waals surface area contributed by atoms with Gasteiger partial charge in [-0.2, -0.15) is 0 Å². The van der Waals surface area contributed by atoms with Crippen molar-refractivity contribution in [3.8, 4) is 11.8 Å². The second kappa shape index (κ2) is 6.78. The molecule has 0 radical (unpaired) electrons. The lowest BCUT2D eigenvalue weighted by Crippen LogP contribution is -2.26. The van der Waals surface area contributed by atoms with Gasteiger partial charge in [-0.25, -0.2) is 0 Å². The van der Waals surface area contributed by atoms with Crippen molar-refractivity contribution in [1.29, 1.82) is 0 Å². The zero-order chi connectivity index (χ0) is 14.5. The first-order valence-electron chi connectivity index (χ1n) is 6.95. The topological polar surface area (TPSA) is 55.1 Å². The molecule has 0 aromatic heterocycles. The van der Waals surface area contributed by atoms with Gasteiger partial charge >= 0.3 is 0 Å². The Hall–Kier alpha value is -1.50. The van der Waals surface area contributed by atoms with Crippen LogP contribution in [0, 0.1) is 17.8 Å². The van der Waals surface area contributed by atoms with Crippen LogP contribution in [0.15, 0.2) is 18.2 Å². The molecule has 2 rings (SSSR count). The average Bonchev–Trinajstić information content (AvgIpc) is 3.15. The molecular weight excluding hydrogens is 272 g/mol. The Morgan fingerprint density at radius 2 is 2.35 bits per heavy atom. The number of carbonyl (C=O) groups is 1. The highest BCUT2D eigenvalue weighted by atomic mass is 35.5. The molecule has 1 saturated carbocycles. The summed E-state index contributed by atoms with van der Waals surface area (Å²) in [7, 11) is 0. The highest BCUT2D eigenvalue weighted by Gasteiger charge is 2.37. The number of halogens is 1. The van der Waals surface area contributed by atoms with Gasteiger partial charge in [0.1, 0.15) is 0 Å². The van der Waals surface area contributed by atoms with E-state index in [-0.39, 0.29) is 5.91 Å². The lowest BCUT2D eigenvalue weighted by Gasteiger charge is -2.06. The number of benzene rings is 1. The molecule has 1 fully saturated rings. The first-order valence-corrected chi connectivity index (χ1v) is 7.32. The lowest BCUT2D eigenvalue weighted by molar-refractivity contribution is 0.0949. The minimum absolute atomic E-state index is 0.0613. The van der Waals surface area contributed by atoms with Gasteiger partial charge in [-0.05, 0) is 37.0 Å². The number of nitrogens with two attached hydrogens (primary N) is 1. The summed E-state index contributed by atoms with van der Waals surface area (Å²) in [6, 6.07) is 5.50. The van der Waals surface area contributed by atoms with Crippen LogP contribution in [0.25, 0.3) is 0 Å². The average molecular weight is 291 g/mol. The van der Waals surface area contributed by atoms with Crippen LogP contribution in [0.5, 0.6) is 0 Å². The molecule has 3 N–H and O–H groups in total. The number of rotatable bonds is 4. The van der Waals surface area contributed by atoms with E-state index in [9.17, 15) is 4.79 Å². The van der Waals surface area contributed by atoms with Crippen LogP contribution in [-0.4, -0.2) is 18.5 Å². The normalized spacial score (nSPS) is 19.9. The Morgan fingerprint density at radius 3 is 3.00 bits per heavy atom. The predicted molar refractivity (Wildman–Crippen MR) is 81.7 cm³/mol. The second-order valence-corrected chi connectivity index (χ2v) is 5.47. The second-order valence-electron chi connectivity index (χ2n) is 5.06. The van der Waals surface area contributed by atoms with E-state index in [1.165, 1.54) is 6.42 Å². The van der Waals surface area contributed by atoms with Gasteiger partial charge in [-0.15, -0.1) is 0 Å². The molecule has 3 nitrogen and oxygen atoms in total. The Morgan fingerprint density at radius 1 is 1.55 bits per heavy atom. The third-order valence-corrected chi connectivity index (χ3v) is 3.77. The molecular formula is C16H19ClN2O. The monoisotopic (exact) mass is 290 g/mol. The van der Waals surface area contributed by atoms with Crippen molar-refractivity contribution in [3.05, 3.63) is 34.3 Å². The quantitative estimate of drug-likeness (QED) is 0.838. The van der Waals surface area contributed by atoms with Crippen LogP contribution in [0.3, 0.4) is 0 Å². The summed E-state index contributed by atoms with van der Waals surface area (Å²) >= 11 is 6.12. The zero-order valence-electron chi connectivity index (χ0n) is 11.6. The first-order chi connectivity index (χ1) is 9.65. The summed E-state index contributed by atoms with van der Waals surface area (Å²) in [6.45, 7) is 2.46. The standard InChI is InChI=1S/C16H19ClN2O/c1-2-4-12-10-15(12)19-16(20)13-7-6-11(5-3-8-18)14(17)9-13/h6-7,9,12,15H,2,4,8,10,18H2,1H3,(H,19,20). The van der Waals surface area contributed by atoms with Gasteiger partial charge in [0.2, 0.25) is 0 Å². The summed E-state index contributed by atoms with van der Waals surface area (Å²) in [5.74, 6) is 6.21. The van der Waals surface area contributed by atoms with Crippen LogP contribution in [0.4, 0.5) is 0 Å². The van der Waals surface area contributed by atoms with Gasteiger partial charge in [0.25, 0.3) is 5.91 Å². The molecule has 1 amide bonds. The highest BCUT2D eigenvalue weighted by molar-refractivity contribution is 6.32. The van der Waals surface area contributed by atoms with Crippen molar-refractivity contribution in [2.24, 2.45) is 11.7 Å². The van der Waals surface area contributed by atoms with Crippen molar-refractivity contribution < 1.29 is 4.79 Å². The van der Waals surface area contributed by atoms with E-state index in [0.717, 1.165) is 12.8 Å². The van der Waals surface area contributed by atoms with Crippen molar-refractivity contribution >= 4 is 17.5 Å². The largest absolute Gasteiger partial charge is 0.349 e. The van der Waals surface area contributed by atoms with Gasteiger partial charge in [0.05, 0.1) is 11.6 Å². The SMILES string of the molecule is CCCC1CC1NC(=O)c1ccc(C#CCN)c(Cl)c1. The van der Waals surface area contributed by atoms with Gasteiger partial charge in [0.15, 0.2) is 0 Å². The molecule has 1 aromatic carbocycles. The maximum atomic E-state index is 12.1. The number of nitrogens with one attached hydrogen (secondary N) is 1. The molecule has 1 aliphatic carbocycles. The molecule has 2 atom stereocenters. The molecule has 0 saturated heterocycles. The van der Waals surface area contributed by atoms with Crippen LogP contribution in [-0.2, 0) is 0 Å². The van der Waals surface area contributed by atoms with Crippen molar-refractivity contribution in [1.82, 2.24) is 5.32 Å². The predicted octanol–water partition coefficient (Wildman–Crippen LogP) is 2.57. The first kappa shape index (κ1) is 14.9. The lowest BCUT2D eigenvalue weighted by atomic mass is 10.1. The number of amides is 1. The third-order valence-electron chi connectivity index (χ3n) is 3.45. The molecule has 2 unspecified atom stereocenters. The molecule has 4 heteroatoms. The van der Waals surface area contributed by atoms with Crippen molar-refractivity contribution in [2.45, 2.75) is 32.2 Å². The Kier molecular flexibility index (Phi) is 5.05.